The highest BCUT2D eigenvalue weighted by Gasteiger charge is 2.47. The molecule has 274 valence electrons. The lowest BCUT2D eigenvalue weighted by Gasteiger charge is -2.36. The Morgan fingerprint density at radius 3 is 1.22 bits per heavy atom. The van der Waals surface area contributed by atoms with Crippen LogP contribution in [0.1, 0.15) is 0 Å². The van der Waals surface area contributed by atoms with Gasteiger partial charge in [0.2, 0.25) is 0 Å². The van der Waals surface area contributed by atoms with Crippen LogP contribution in [-0.2, 0) is 0 Å². The standard InChI is InChI=1S/C54H30B2N2O2/c1-3-15-31(16-4-1)33-27-37-49-47-35-19-7-11-23-41(35)58-54(47)50(38-28-34(32-17-5-2-6-18-32)30-46-52(38)56(58)40-22-10-14-26-44(40)60-46)48-36-20-8-12-24-42(36)57(53(48)49)55-39-21-9-13-25-43(39)59-45(29-33)51(37)55/h1-30H. The number of hydrogen-bond donors (Lipinski definition) is 0. The van der Waals surface area contributed by atoms with Crippen LogP contribution in [0.25, 0.3) is 88.1 Å². The summed E-state index contributed by atoms with van der Waals surface area (Å²) in [7, 11) is 0. The molecule has 0 spiro atoms. The molecule has 0 aliphatic carbocycles. The number of para-hydroxylation sites is 4. The van der Waals surface area contributed by atoms with Gasteiger partial charge in [0.1, 0.15) is 23.0 Å². The molecule has 0 saturated carbocycles. The molecular weight excluding hydrogens is 730 g/mol. The third-order valence-corrected chi connectivity index (χ3v) is 13.8. The third-order valence-electron chi connectivity index (χ3n) is 13.8. The van der Waals surface area contributed by atoms with E-state index in [2.05, 4.69) is 191 Å². The Hall–Kier alpha value is -7.69. The predicted octanol–water partition coefficient (Wildman–Crippen LogP) is 10.7. The number of ether oxygens (including phenoxy) is 2. The van der Waals surface area contributed by atoms with Crippen LogP contribution in [0.2, 0.25) is 0 Å². The van der Waals surface area contributed by atoms with Gasteiger partial charge >= 0.3 is 13.7 Å². The van der Waals surface area contributed by atoms with E-state index in [1.807, 2.05) is 0 Å². The number of nitrogens with zero attached hydrogens (tertiary/aromatic N) is 2. The molecule has 0 bridgehead atoms. The zero-order chi connectivity index (χ0) is 38.8. The van der Waals surface area contributed by atoms with E-state index < -0.39 is 0 Å². The maximum absolute atomic E-state index is 7.01. The van der Waals surface area contributed by atoms with Crippen molar-refractivity contribution in [3.05, 3.63) is 182 Å². The van der Waals surface area contributed by atoms with Gasteiger partial charge in [-0.05, 0) is 92.8 Å². The van der Waals surface area contributed by atoms with Gasteiger partial charge in [-0.1, -0.05) is 133 Å². The lowest BCUT2D eigenvalue weighted by atomic mass is 9.45. The van der Waals surface area contributed by atoms with Gasteiger partial charge in [0.25, 0.3) is 0 Å². The van der Waals surface area contributed by atoms with E-state index in [1.165, 1.54) is 98.8 Å². The van der Waals surface area contributed by atoms with Crippen molar-refractivity contribution in [1.82, 2.24) is 8.96 Å². The molecule has 6 heterocycles. The van der Waals surface area contributed by atoms with Gasteiger partial charge in [-0.3, -0.25) is 0 Å². The normalized spacial score (nSPS) is 13.5. The lowest BCUT2D eigenvalue weighted by molar-refractivity contribution is 0.487. The Kier molecular flexibility index (Phi) is 5.78. The van der Waals surface area contributed by atoms with E-state index in [0.29, 0.717) is 0 Å². The molecule has 0 atom stereocenters. The summed E-state index contributed by atoms with van der Waals surface area (Å²) in [4.78, 5) is 0. The SMILES string of the molecule is c1ccc(-c2cc3c4c(c2)-c2c5c6ccccc6n6c5c(c5c7ccccc7n(c25)B4c2ccccc2O3)-c2cc(-c3ccccc3)cc3c2B6c2ccccc2O3)cc1. The summed E-state index contributed by atoms with van der Waals surface area (Å²) in [5.74, 6) is 3.65. The molecule has 6 heteroatoms. The minimum atomic E-state index is -0.0891. The van der Waals surface area contributed by atoms with E-state index in [0.717, 1.165) is 34.1 Å². The summed E-state index contributed by atoms with van der Waals surface area (Å²) < 4.78 is 19.3. The van der Waals surface area contributed by atoms with Crippen LogP contribution in [0.4, 0.5) is 0 Å². The summed E-state index contributed by atoms with van der Waals surface area (Å²) in [5, 5.41) is 5.06. The maximum atomic E-state index is 7.01. The highest BCUT2D eigenvalue weighted by atomic mass is 16.5. The third kappa shape index (κ3) is 3.76. The van der Waals surface area contributed by atoms with Gasteiger partial charge in [0, 0.05) is 65.7 Å². The molecule has 0 radical (unpaired) electrons. The van der Waals surface area contributed by atoms with Crippen LogP contribution in [-0.4, -0.2) is 22.7 Å². The molecule has 2 aromatic heterocycles. The van der Waals surface area contributed by atoms with Crippen LogP contribution in [0.5, 0.6) is 23.0 Å². The first kappa shape index (κ1) is 31.3. The summed E-state index contributed by atoms with van der Waals surface area (Å²) in [6.07, 6.45) is 0. The van der Waals surface area contributed by atoms with E-state index in [9.17, 15) is 0 Å². The minimum absolute atomic E-state index is 0.0891. The first-order chi connectivity index (χ1) is 29.8. The van der Waals surface area contributed by atoms with Crippen molar-refractivity contribution in [2.45, 2.75) is 0 Å². The second kappa shape index (κ2) is 11.1. The lowest BCUT2D eigenvalue weighted by Crippen LogP contribution is -2.54. The Morgan fingerprint density at radius 2 is 0.750 bits per heavy atom. The summed E-state index contributed by atoms with van der Waals surface area (Å²) >= 11 is 0. The monoisotopic (exact) mass is 760 g/mol. The summed E-state index contributed by atoms with van der Waals surface area (Å²) in [5.41, 5.74) is 19.4. The van der Waals surface area contributed by atoms with Gasteiger partial charge in [-0.15, -0.1) is 0 Å². The molecule has 0 fully saturated rings. The molecule has 0 amide bonds. The Bertz CT molecular complexity index is 3490. The summed E-state index contributed by atoms with van der Waals surface area (Å²) in [6.45, 7) is -0.178. The van der Waals surface area contributed by atoms with Crippen LogP contribution >= 0.6 is 0 Å². The van der Waals surface area contributed by atoms with Crippen molar-refractivity contribution in [2.75, 3.05) is 0 Å². The largest absolute Gasteiger partial charge is 0.458 e. The second-order valence-electron chi connectivity index (χ2n) is 16.7. The number of hydrogen-bond acceptors (Lipinski definition) is 2. The molecule has 0 N–H and O–H groups in total. The second-order valence-corrected chi connectivity index (χ2v) is 16.7. The highest BCUT2D eigenvalue weighted by molar-refractivity contribution is 6.90. The van der Waals surface area contributed by atoms with E-state index >= 15 is 0 Å². The molecule has 15 rings (SSSR count). The molecular formula is C54H30B2N2O2. The quantitative estimate of drug-likeness (QED) is 0.164. The van der Waals surface area contributed by atoms with Crippen LogP contribution in [0.3, 0.4) is 0 Å². The van der Waals surface area contributed by atoms with Crippen LogP contribution < -0.4 is 31.3 Å². The Balaban J connectivity index is 1.22. The fraction of sp³-hybridized carbons (Fsp3) is 0. The van der Waals surface area contributed by atoms with Crippen molar-refractivity contribution < 1.29 is 9.47 Å². The topological polar surface area (TPSA) is 28.3 Å². The highest BCUT2D eigenvalue weighted by Crippen LogP contribution is 2.55. The first-order valence-corrected chi connectivity index (χ1v) is 20.8. The predicted molar refractivity (Wildman–Crippen MR) is 248 cm³/mol. The molecule has 60 heavy (non-hydrogen) atoms. The van der Waals surface area contributed by atoms with E-state index in [4.69, 9.17) is 9.47 Å². The van der Waals surface area contributed by atoms with Gasteiger partial charge in [0.15, 0.2) is 0 Å². The minimum Gasteiger partial charge on any atom is -0.458 e. The van der Waals surface area contributed by atoms with Crippen molar-refractivity contribution in [1.29, 1.82) is 0 Å². The van der Waals surface area contributed by atoms with E-state index in [-0.39, 0.29) is 13.7 Å². The molecule has 4 aliphatic rings. The fourth-order valence-corrected chi connectivity index (χ4v) is 11.5. The fourth-order valence-electron chi connectivity index (χ4n) is 11.5. The summed E-state index contributed by atoms with van der Waals surface area (Å²) in [6, 6.07) is 66.4. The Morgan fingerprint density at radius 1 is 0.350 bits per heavy atom. The maximum Gasteiger partial charge on any atom is 0.336 e. The Labute approximate surface area is 345 Å². The van der Waals surface area contributed by atoms with Gasteiger partial charge < -0.3 is 18.4 Å². The smallest absolute Gasteiger partial charge is 0.336 e. The molecule has 0 saturated heterocycles. The number of benzene rings is 9. The van der Waals surface area contributed by atoms with Crippen molar-refractivity contribution in [2.24, 2.45) is 0 Å². The van der Waals surface area contributed by atoms with Gasteiger partial charge in [-0.25, -0.2) is 0 Å². The zero-order valence-corrected chi connectivity index (χ0v) is 32.2. The van der Waals surface area contributed by atoms with E-state index in [1.54, 1.807) is 0 Å². The van der Waals surface area contributed by atoms with Crippen LogP contribution in [0, 0.1) is 0 Å². The number of fused-ring (bicyclic) bond motifs is 16. The average Bonchev–Trinajstić information content (AvgIpc) is 3.83. The molecule has 0 unspecified atom stereocenters. The van der Waals surface area contributed by atoms with Gasteiger partial charge in [0.05, 0.1) is 0 Å². The van der Waals surface area contributed by atoms with Crippen LogP contribution in [0.15, 0.2) is 182 Å². The molecule has 4 nitrogen and oxygen atoms in total. The van der Waals surface area contributed by atoms with Gasteiger partial charge in [-0.2, -0.15) is 0 Å². The average molecular weight is 760 g/mol. The number of aromatic nitrogens is 2. The van der Waals surface area contributed by atoms with Crippen molar-refractivity contribution in [3.8, 4) is 67.5 Å². The van der Waals surface area contributed by atoms with Crippen molar-refractivity contribution >= 4 is 79.2 Å². The zero-order valence-electron chi connectivity index (χ0n) is 32.2. The van der Waals surface area contributed by atoms with Crippen molar-refractivity contribution in [3.63, 3.8) is 0 Å². The number of rotatable bonds is 2. The molecule has 11 aromatic rings. The molecule has 9 aromatic carbocycles. The first-order valence-electron chi connectivity index (χ1n) is 20.8. The molecule has 4 aliphatic heterocycles.